The molecule has 1 N–H and O–H groups in total. The van der Waals surface area contributed by atoms with Crippen molar-refractivity contribution in [2.45, 2.75) is 33.8 Å². The number of ether oxygens (including phenoxy) is 1. The monoisotopic (exact) mass is 365 g/mol. The average Bonchev–Trinajstić information content (AvgIpc) is 3.12. The van der Waals surface area contributed by atoms with Crippen LogP contribution >= 0.6 is 11.3 Å². The molecule has 0 aliphatic carbocycles. The summed E-state index contributed by atoms with van der Waals surface area (Å²) in [5, 5.41) is 5.00. The molecule has 0 fully saturated rings. The van der Waals surface area contributed by atoms with Gasteiger partial charge in [0.25, 0.3) is 5.91 Å². The first-order valence-corrected chi connectivity index (χ1v) is 9.61. The molecule has 0 bridgehead atoms. The Hall–Kier alpha value is -2.59. The molecule has 26 heavy (non-hydrogen) atoms. The minimum Gasteiger partial charge on any atom is -0.489 e. The third-order valence-corrected chi connectivity index (χ3v) is 5.31. The molecule has 1 amide bonds. The zero-order valence-electron chi connectivity index (χ0n) is 15.3. The fraction of sp³-hybridized carbons (Fsp3) is 0.227. The number of rotatable bonds is 6. The van der Waals surface area contributed by atoms with Crippen LogP contribution < -0.4 is 10.1 Å². The maximum atomic E-state index is 12.5. The third kappa shape index (κ3) is 4.33. The number of hydrogen-bond acceptors (Lipinski definition) is 3. The van der Waals surface area contributed by atoms with E-state index in [0.29, 0.717) is 11.5 Å². The Kier molecular flexibility index (Phi) is 5.74. The number of anilines is 1. The van der Waals surface area contributed by atoms with Crippen LogP contribution in [0.5, 0.6) is 5.75 Å². The van der Waals surface area contributed by atoms with E-state index in [1.807, 2.05) is 55.6 Å². The quantitative estimate of drug-likeness (QED) is 0.603. The van der Waals surface area contributed by atoms with Crippen molar-refractivity contribution >= 4 is 22.9 Å². The van der Waals surface area contributed by atoms with Gasteiger partial charge in [0.15, 0.2) is 0 Å². The second-order valence-corrected chi connectivity index (χ2v) is 7.24. The van der Waals surface area contributed by atoms with Crippen LogP contribution in [-0.4, -0.2) is 5.91 Å². The van der Waals surface area contributed by atoms with Gasteiger partial charge < -0.3 is 10.1 Å². The van der Waals surface area contributed by atoms with Crippen molar-refractivity contribution in [1.82, 2.24) is 0 Å². The van der Waals surface area contributed by atoms with Gasteiger partial charge in [-0.1, -0.05) is 37.3 Å². The highest BCUT2D eigenvalue weighted by Gasteiger charge is 2.12. The number of para-hydroxylation sites is 1. The minimum atomic E-state index is -0.0778. The Morgan fingerprint density at radius 1 is 1.04 bits per heavy atom. The molecule has 0 atom stereocenters. The molecule has 0 radical (unpaired) electrons. The van der Waals surface area contributed by atoms with E-state index in [-0.39, 0.29) is 5.91 Å². The second kappa shape index (κ2) is 8.19. The lowest BCUT2D eigenvalue weighted by molar-refractivity contribution is 0.103. The van der Waals surface area contributed by atoms with Crippen molar-refractivity contribution < 1.29 is 9.53 Å². The van der Waals surface area contributed by atoms with Crippen molar-refractivity contribution in [3.63, 3.8) is 0 Å². The summed E-state index contributed by atoms with van der Waals surface area (Å²) in [6.07, 6.45) is 1.02. The molecular formula is C22H23NO2S. The SMILES string of the molecule is CCc1ccc(OCc2csc(C(=O)Nc3c(C)cccc3C)c2)cc1. The minimum absolute atomic E-state index is 0.0778. The highest BCUT2D eigenvalue weighted by molar-refractivity contribution is 7.12. The van der Waals surface area contributed by atoms with Crippen molar-refractivity contribution in [3.05, 3.63) is 81.0 Å². The van der Waals surface area contributed by atoms with E-state index >= 15 is 0 Å². The summed E-state index contributed by atoms with van der Waals surface area (Å²) in [5.74, 6) is 0.765. The van der Waals surface area contributed by atoms with Crippen LogP contribution in [0.2, 0.25) is 0 Å². The third-order valence-electron chi connectivity index (χ3n) is 4.33. The number of thiophene rings is 1. The van der Waals surface area contributed by atoms with Gasteiger partial charge in [-0.05, 0) is 60.5 Å². The van der Waals surface area contributed by atoms with E-state index in [1.165, 1.54) is 16.9 Å². The summed E-state index contributed by atoms with van der Waals surface area (Å²) >= 11 is 1.44. The number of amides is 1. The highest BCUT2D eigenvalue weighted by atomic mass is 32.1. The summed E-state index contributed by atoms with van der Waals surface area (Å²) in [4.78, 5) is 13.2. The largest absolute Gasteiger partial charge is 0.489 e. The first kappa shape index (κ1) is 18.2. The molecular weight excluding hydrogens is 342 g/mol. The molecule has 3 nitrogen and oxygen atoms in total. The van der Waals surface area contributed by atoms with E-state index in [1.54, 1.807) is 0 Å². The van der Waals surface area contributed by atoms with Gasteiger partial charge in [0.2, 0.25) is 0 Å². The van der Waals surface area contributed by atoms with E-state index in [2.05, 4.69) is 24.4 Å². The van der Waals surface area contributed by atoms with Gasteiger partial charge in [0.05, 0.1) is 4.88 Å². The van der Waals surface area contributed by atoms with Crippen LogP contribution in [0.4, 0.5) is 5.69 Å². The average molecular weight is 365 g/mol. The number of benzene rings is 2. The van der Waals surface area contributed by atoms with E-state index in [0.717, 1.165) is 34.5 Å². The summed E-state index contributed by atoms with van der Waals surface area (Å²) in [6.45, 7) is 6.59. The van der Waals surface area contributed by atoms with Gasteiger partial charge in [-0.15, -0.1) is 11.3 Å². The van der Waals surface area contributed by atoms with E-state index in [9.17, 15) is 4.79 Å². The first-order valence-electron chi connectivity index (χ1n) is 8.73. The number of aryl methyl sites for hydroxylation is 3. The standard InChI is InChI=1S/C22H23NO2S/c1-4-17-8-10-19(11-9-17)25-13-18-12-20(26-14-18)22(24)23-21-15(2)6-5-7-16(21)3/h5-12,14H,4,13H2,1-3H3,(H,23,24). The van der Waals surface area contributed by atoms with Crippen molar-refractivity contribution in [2.24, 2.45) is 0 Å². The summed E-state index contributed by atoms with van der Waals surface area (Å²) < 4.78 is 5.82. The molecule has 2 aromatic carbocycles. The Bertz CT molecular complexity index is 877. The molecule has 3 rings (SSSR count). The zero-order valence-corrected chi connectivity index (χ0v) is 16.2. The molecule has 0 aliphatic rings. The topological polar surface area (TPSA) is 38.3 Å². The Morgan fingerprint density at radius 3 is 2.38 bits per heavy atom. The van der Waals surface area contributed by atoms with E-state index in [4.69, 9.17) is 4.74 Å². The Balaban J connectivity index is 1.62. The van der Waals surface area contributed by atoms with Crippen LogP contribution in [-0.2, 0) is 13.0 Å². The smallest absolute Gasteiger partial charge is 0.265 e. The molecule has 1 heterocycles. The van der Waals surface area contributed by atoms with Gasteiger partial charge in [0, 0.05) is 11.3 Å². The zero-order chi connectivity index (χ0) is 18.5. The molecule has 0 aliphatic heterocycles. The normalized spacial score (nSPS) is 10.6. The van der Waals surface area contributed by atoms with Gasteiger partial charge >= 0.3 is 0 Å². The Morgan fingerprint density at radius 2 is 1.73 bits per heavy atom. The van der Waals surface area contributed by atoms with Crippen LogP contribution in [0.15, 0.2) is 53.9 Å². The molecule has 1 aromatic heterocycles. The molecule has 0 unspecified atom stereocenters. The van der Waals surface area contributed by atoms with E-state index < -0.39 is 0 Å². The maximum Gasteiger partial charge on any atom is 0.265 e. The lowest BCUT2D eigenvalue weighted by atomic mass is 10.1. The predicted molar refractivity (Wildman–Crippen MR) is 108 cm³/mol. The molecule has 0 saturated heterocycles. The van der Waals surface area contributed by atoms with Crippen LogP contribution in [0.25, 0.3) is 0 Å². The van der Waals surface area contributed by atoms with Crippen LogP contribution in [0, 0.1) is 13.8 Å². The van der Waals surface area contributed by atoms with Crippen LogP contribution in [0.1, 0.15) is 38.8 Å². The van der Waals surface area contributed by atoms with Gasteiger partial charge in [-0.3, -0.25) is 4.79 Å². The predicted octanol–water partition coefficient (Wildman–Crippen LogP) is 5.76. The maximum absolute atomic E-state index is 12.5. The number of nitrogens with one attached hydrogen (secondary N) is 1. The van der Waals surface area contributed by atoms with Crippen molar-refractivity contribution in [1.29, 1.82) is 0 Å². The summed E-state index contributed by atoms with van der Waals surface area (Å²) in [7, 11) is 0. The van der Waals surface area contributed by atoms with Crippen molar-refractivity contribution in [3.8, 4) is 5.75 Å². The lowest BCUT2D eigenvalue weighted by Crippen LogP contribution is -2.12. The van der Waals surface area contributed by atoms with Crippen LogP contribution in [0.3, 0.4) is 0 Å². The molecule has 0 spiro atoms. The number of hydrogen-bond donors (Lipinski definition) is 1. The summed E-state index contributed by atoms with van der Waals surface area (Å²) in [5.41, 5.74) is 5.31. The van der Waals surface area contributed by atoms with Crippen molar-refractivity contribution in [2.75, 3.05) is 5.32 Å². The molecule has 4 heteroatoms. The second-order valence-electron chi connectivity index (χ2n) is 6.33. The summed E-state index contributed by atoms with van der Waals surface area (Å²) in [6, 6.07) is 16.0. The van der Waals surface area contributed by atoms with Gasteiger partial charge in [-0.2, -0.15) is 0 Å². The fourth-order valence-electron chi connectivity index (χ4n) is 2.75. The van der Waals surface area contributed by atoms with Gasteiger partial charge in [0.1, 0.15) is 12.4 Å². The van der Waals surface area contributed by atoms with Gasteiger partial charge in [-0.25, -0.2) is 0 Å². The molecule has 3 aromatic rings. The lowest BCUT2D eigenvalue weighted by Gasteiger charge is -2.10. The molecule has 134 valence electrons. The Labute approximate surface area is 158 Å². The number of carbonyl (C=O) groups is 1. The highest BCUT2D eigenvalue weighted by Crippen LogP contribution is 2.23. The molecule has 0 saturated carbocycles. The fourth-order valence-corrected chi connectivity index (χ4v) is 3.54. The number of carbonyl (C=O) groups excluding carboxylic acids is 1. The first-order chi connectivity index (χ1) is 12.6.